The highest BCUT2D eigenvalue weighted by atomic mass is 14.3. The second-order valence-corrected chi connectivity index (χ2v) is 4.33. The molecule has 1 aliphatic rings. The van der Waals surface area contributed by atoms with Gasteiger partial charge in [0.1, 0.15) is 0 Å². The summed E-state index contributed by atoms with van der Waals surface area (Å²) < 4.78 is 0. The van der Waals surface area contributed by atoms with Crippen LogP contribution in [0.5, 0.6) is 0 Å². The maximum absolute atomic E-state index is 2.41. The van der Waals surface area contributed by atoms with Crippen molar-refractivity contribution in [2.45, 2.75) is 40.0 Å². The van der Waals surface area contributed by atoms with Crippen LogP contribution in [0, 0.1) is 17.8 Å². The van der Waals surface area contributed by atoms with Crippen LogP contribution >= 0.6 is 0 Å². The Morgan fingerprint density at radius 3 is 2.33 bits per heavy atom. The number of hydrogen-bond acceptors (Lipinski definition) is 0. The van der Waals surface area contributed by atoms with Gasteiger partial charge in [0.15, 0.2) is 0 Å². The van der Waals surface area contributed by atoms with E-state index in [4.69, 9.17) is 0 Å². The van der Waals surface area contributed by atoms with Crippen LogP contribution in [-0.2, 0) is 0 Å². The van der Waals surface area contributed by atoms with Crippen molar-refractivity contribution >= 4 is 0 Å². The van der Waals surface area contributed by atoms with E-state index in [1.807, 2.05) is 0 Å². The molecule has 0 nitrogen and oxygen atoms in total. The monoisotopic (exact) mass is 125 g/mol. The smallest absolute Gasteiger partial charge is 0.0352 e. The highest BCUT2D eigenvalue weighted by Gasteiger charge is 2.23. The van der Waals surface area contributed by atoms with Crippen molar-refractivity contribution in [2.75, 3.05) is 0 Å². The van der Waals surface area contributed by atoms with Crippen LogP contribution in [0.2, 0.25) is 0 Å². The quantitative estimate of drug-likeness (QED) is 0.532. The molecule has 0 aromatic heterocycles. The van der Waals surface area contributed by atoms with Gasteiger partial charge in [-0.2, -0.15) is 0 Å². The molecule has 0 bridgehead atoms. The van der Waals surface area contributed by atoms with Crippen LogP contribution in [-0.4, -0.2) is 0 Å². The van der Waals surface area contributed by atoms with Gasteiger partial charge in [0.25, 0.3) is 0 Å². The molecule has 1 fully saturated rings. The zero-order valence-electron chi connectivity index (χ0n) is 6.78. The third-order valence-electron chi connectivity index (χ3n) is 1.83. The van der Waals surface area contributed by atoms with Crippen molar-refractivity contribution in [1.29, 1.82) is 0 Å². The SMILES string of the molecule is CC(C)(C)CCC1[CH]C1. The van der Waals surface area contributed by atoms with Crippen LogP contribution in [0.15, 0.2) is 0 Å². The predicted molar refractivity (Wildman–Crippen MR) is 41.1 cm³/mol. The molecule has 0 heteroatoms. The van der Waals surface area contributed by atoms with E-state index < -0.39 is 0 Å². The van der Waals surface area contributed by atoms with Crippen molar-refractivity contribution in [3.8, 4) is 0 Å². The first-order chi connectivity index (χ1) is 4.08. The Morgan fingerprint density at radius 1 is 1.44 bits per heavy atom. The van der Waals surface area contributed by atoms with E-state index in [0.717, 1.165) is 5.92 Å². The zero-order chi connectivity index (χ0) is 6.91. The molecule has 1 unspecified atom stereocenters. The lowest BCUT2D eigenvalue weighted by Crippen LogP contribution is -2.04. The van der Waals surface area contributed by atoms with Gasteiger partial charge in [-0.25, -0.2) is 0 Å². The minimum absolute atomic E-state index is 0.552. The average Bonchev–Trinajstić information content (AvgIpc) is 2.38. The molecule has 53 valence electrons. The molecule has 0 saturated heterocycles. The fourth-order valence-corrected chi connectivity index (χ4v) is 0.950. The van der Waals surface area contributed by atoms with E-state index in [0.29, 0.717) is 5.41 Å². The molecule has 9 heavy (non-hydrogen) atoms. The first-order valence-electron chi connectivity index (χ1n) is 3.91. The Labute approximate surface area is 58.7 Å². The summed E-state index contributed by atoms with van der Waals surface area (Å²) in [6, 6.07) is 0. The Kier molecular flexibility index (Phi) is 1.83. The zero-order valence-corrected chi connectivity index (χ0v) is 6.78. The lowest BCUT2D eigenvalue weighted by Gasteiger charge is -2.16. The first-order valence-corrected chi connectivity index (χ1v) is 3.91. The highest BCUT2D eigenvalue weighted by Crippen LogP contribution is 2.35. The van der Waals surface area contributed by atoms with E-state index in [1.165, 1.54) is 19.3 Å². The minimum Gasteiger partial charge on any atom is -0.0602 e. The van der Waals surface area contributed by atoms with E-state index in [-0.39, 0.29) is 0 Å². The molecular weight excluding hydrogens is 108 g/mol. The summed E-state index contributed by atoms with van der Waals surface area (Å²) in [5, 5.41) is 0. The van der Waals surface area contributed by atoms with Crippen LogP contribution in [0.4, 0.5) is 0 Å². The van der Waals surface area contributed by atoms with Crippen molar-refractivity contribution in [2.24, 2.45) is 11.3 Å². The molecule has 0 N–H and O–H groups in total. The van der Waals surface area contributed by atoms with Crippen molar-refractivity contribution in [3.05, 3.63) is 6.42 Å². The third kappa shape index (κ3) is 3.56. The Morgan fingerprint density at radius 2 is 2.00 bits per heavy atom. The van der Waals surface area contributed by atoms with Crippen molar-refractivity contribution in [3.63, 3.8) is 0 Å². The van der Waals surface area contributed by atoms with E-state index in [1.54, 1.807) is 0 Å². The maximum atomic E-state index is 2.41. The van der Waals surface area contributed by atoms with Gasteiger partial charge in [0, 0.05) is 0 Å². The molecule has 0 aromatic rings. The molecule has 0 aromatic carbocycles. The molecule has 1 saturated carbocycles. The Hall–Kier alpha value is 0. The predicted octanol–water partition coefficient (Wildman–Crippen LogP) is 3.04. The Balaban J connectivity index is 2.03. The molecule has 1 rings (SSSR count). The molecule has 1 radical (unpaired) electrons. The van der Waals surface area contributed by atoms with E-state index in [2.05, 4.69) is 27.2 Å². The molecule has 0 spiro atoms. The van der Waals surface area contributed by atoms with Gasteiger partial charge in [-0.05, 0) is 37.0 Å². The van der Waals surface area contributed by atoms with Crippen molar-refractivity contribution in [1.82, 2.24) is 0 Å². The third-order valence-corrected chi connectivity index (χ3v) is 1.83. The molecule has 0 amide bonds. The molecule has 1 aliphatic carbocycles. The van der Waals surface area contributed by atoms with Gasteiger partial charge >= 0.3 is 0 Å². The maximum Gasteiger partial charge on any atom is -0.0352 e. The second kappa shape index (κ2) is 2.32. The van der Waals surface area contributed by atoms with Crippen LogP contribution in [0.25, 0.3) is 0 Å². The molecule has 1 atom stereocenters. The summed E-state index contributed by atoms with van der Waals surface area (Å²) in [7, 11) is 0. The van der Waals surface area contributed by atoms with Crippen molar-refractivity contribution < 1.29 is 0 Å². The summed E-state index contributed by atoms with van der Waals surface area (Å²) in [5.74, 6) is 0.990. The van der Waals surface area contributed by atoms with E-state index >= 15 is 0 Å². The number of hydrogen-bond donors (Lipinski definition) is 0. The van der Waals surface area contributed by atoms with Crippen LogP contribution in [0.1, 0.15) is 40.0 Å². The van der Waals surface area contributed by atoms with Crippen LogP contribution in [0.3, 0.4) is 0 Å². The summed E-state index contributed by atoms with van der Waals surface area (Å²) in [4.78, 5) is 0. The fraction of sp³-hybridized carbons (Fsp3) is 0.889. The normalized spacial score (nSPS) is 20.3. The highest BCUT2D eigenvalue weighted by molar-refractivity contribution is 4.94. The molecular formula is C9H17. The van der Waals surface area contributed by atoms with Gasteiger partial charge in [-0.3, -0.25) is 0 Å². The largest absolute Gasteiger partial charge is 0.0602 e. The lowest BCUT2D eigenvalue weighted by molar-refractivity contribution is 0.357. The molecule has 0 heterocycles. The summed E-state index contributed by atoms with van der Waals surface area (Å²) >= 11 is 0. The number of rotatable bonds is 2. The first kappa shape index (κ1) is 7.11. The van der Waals surface area contributed by atoms with Gasteiger partial charge in [-0.1, -0.05) is 20.8 Å². The summed E-state index contributed by atoms with van der Waals surface area (Å²) in [5.41, 5.74) is 0.552. The molecule has 0 aliphatic heterocycles. The van der Waals surface area contributed by atoms with Gasteiger partial charge in [0.05, 0.1) is 0 Å². The fourth-order valence-electron chi connectivity index (χ4n) is 0.950. The standard InChI is InChI=1S/C9H17/c1-9(2,3)7-6-8-4-5-8/h4,8H,5-7H2,1-3H3. The summed E-state index contributed by atoms with van der Waals surface area (Å²) in [6.07, 6.45) is 6.60. The van der Waals surface area contributed by atoms with Gasteiger partial charge < -0.3 is 0 Å². The second-order valence-electron chi connectivity index (χ2n) is 4.33. The van der Waals surface area contributed by atoms with Crippen LogP contribution < -0.4 is 0 Å². The van der Waals surface area contributed by atoms with E-state index in [9.17, 15) is 0 Å². The van der Waals surface area contributed by atoms with Gasteiger partial charge in [-0.15, -0.1) is 0 Å². The topological polar surface area (TPSA) is 0 Å². The average molecular weight is 125 g/mol. The van der Waals surface area contributed by atoms with Gasteiger partial charge in [0.2, 0.25) is 0 Å². The summed E-state index contributed by atoms with van der Waals surface area (Å²) in [6.45, 7) is 6.94. The Bertz CT molecular complexity index is 82.7. The minimum atomic E-state index is 0.552. The lowest BCUT2D eigenvalue weighted by atomic mass is 9.89.